The molecule has 288 valence electrons. The third-order valence-corrected chi connectivity index (χ3v) is 10.0. The molecule has 2 aliphatic rings. The van der Waals surface area contributed by atoms with Gasteiger partial charge >= 0.3 is 11.9 Å². The highest BCUT2D eigenvalue weighted by molar-refractivity contribution is 5.75. The zero-order chi connectivity index (χ0) is 39.0. The Balaban J connectivity index is 0.923. The minimum absolute atomic E-state index is 0.0771. The zero-order valence-corrected chi connectivity index (χ0v) is 30.1. The van der Waals surface area contributed by atoms with Crippen molar-refractivity contribution in [2.24, 2.45) is 0 Å². The molecule has 4 aromatic rings. The maximum absolute atomic E-state index is 13.7. The lowest BCUT2D eigenvalue weighted by Crippen LogP contribution is -2.38. The molecular weight excluding hydrogens is 716 g/mol. The van der Waals surface area contributed by atoms with Crippen molar-refractivity contribution in [3.05, 3.63) is 155 Å². The monoisotopic (exact) mass is 758 g/mol. The van der Waals surface area contributed by atoms with Gasteiger partial charge < -0.3 is 24.4 Å². The number of hydrogen-bond acceptors (Lipinski definition) is 7. The average molecular weight is 759 g/mol. The van der Waals surface area contributed by atoms with Crippen LogP contribution in [0.5, 0.6) is 0 Å². The van der Waals surface area contributed by atoms with Crippen molar-refractivity contribution in [2.45, 2.75) is 74.8 Å². The van der Waals surface area contributed by atoms with Gasteiger partial charge in [0.15, 0.2) is 12.2 Å². The highest BCUT2D eigenvalue weighted by atomic mass is 19.1. The maximum Gasteiger partial charge on any atom is 0.306 e. The average Bonchev–Trinajstić information content (AvgIpc) is 3.68. The van der Waals surface area contributed by atoms with Gasteiger partial charge in [-0.3, -0.25) is 9.59 Å². The van der Waals surface area contributed by atoms with E-state index in [0.29, 0.717) is 72.3 Å². The van der Waals surface area contributed by atoms with Gasteiger partial charge in [0.1, 0.15) is 34.5 Å². The predicted molar refractivity (Wildman–Crippen MR) is 197 cm³/mol. The van der Waals surface area contributed by atoms with Crippen LogP contribution in [0.4, 0.5) is 17.6 Å². The molecule has 0 aliphatic heterocycles. The van der Waals surface area contributed by atoms with E-state index in [1.807, 2.05) is 0 Å². The van der Waals surface area contributed by atoms with Crippen molar-refractivity contribution >= 4 is 23.1 Å². The van der Waals surface area contributed by atoms with Crippen LogP contribution in [0.25, 0.3) is 11.1 Å². The van der Waals surface area contributed by atoms with Crippen LogP contribution in [-0.2, 0) is 35.0 Å². The highest BCUT2D eigenvalue weighted by Crippen LogP contribution is 2.45. The maximum atomic E-state index is 13.7. The molecule has 2 aliphatic carbocycles. The quantitative estimate of drug-likeness (QED) is 0.0672. The second kappa shape index (κ2) is 17.6. The zero-order valence-electron chi connectivity index (χ0n) is 30.1. The lowest BCUT2D eigenvalue weighted by molar-refractivity contribution is -0.159. The number of ether oxygens (including phenoxy) is 3. The molecule has 0 radical (unpaired) electrons. The first kappa shape index (κ1) is 39.6. The van der Waals surface area contributed by atoms with Gasteiger partial charge in [-0.15, -0.1) is 0 Å². The Morgan fingerprint density at radius 3 is 1.20 bits per heavy atom. The van der Waals surface area contributed by atoms with E-state index in [1.54, 1.807) is 36.4 Å². The van der Waals surface area contributed by atoms with Crippen molar-refractivity contribution in [1.29, 1.82) is 0 Å². The fourth-order valence-electron chi connectivity index (χ4n) is 6.99. The standard InChI is InChI=1S/C44H42F4O7/c45-35-15-7-29(8-16-35)31-25-39(43(51,27-31)33-11-19-37(47)20-12-33)54-41(49)5-1-3-23-53-24-4-2-6-42(50)55-40-26-32(30-9-17-36(46)18-10-30)28-44(40,52)34-13-21-38(48)22-14-34/h7-22,25-26,39-40,51-52H,1-6,23-24,27-28H2/t39-,40-,43-,44-/m0/s1. The first-order valence-corrected chi connectivity index (χ1v) is 18.3. The summed E-state index contributed by atoms with van der Waals surface area (Å²) in [5, 5.41) is 23.4. The summed E-state index contributed by atoms with van der Waals surface area (Å²) in [7, 11) is 0. The van der Waals surface area contributed by atoms with Gasteiger partial charge in [0, 0.05) is 38.9 Å². The van der Waals surface area contributed by atoms with E-state index in [4.69, 9.17) is 14.2 Å². The predicted octanol–water partition coefficient (Wildman–Crippen LogP) is 8.47. The van der Waals surface area contributed by atoms with Crippen LogP contribution >= 0.6 is 0 Å². The van der Waals surface area contributed by atoms with E-state index in [9.17, 15) is 37.4 Å². The number of hydrogen-bond donors (Lipinski definition) is 2. The number of carbonyl (C=O) groups is 2. The van der Waals surface area contributed by atoms with E-state index < -0.39 is 58.6 Å². The van der Waals surface area contributed by atoms with Crippen molar-refractivity contribution in [1.82, 2.24) is 0 Å². The van der Waals surface area contributed by atoms with Crippen molar-refractivity contribution in [2.75, 3.05) is 13.2 Å². The van der Waals surface area contributed by atoms with Gasteiger partial charge in [-0.2, -0.15) is 0 Å². The summed E-state index contributed by atoms with van der Waals surface area (Å²) in [6.45, 7) is 0.748. The van der Waals surface area contributed by atoms with Crippen LogP contribution < -0.4 is 0 Å². The smallest absolute Gasteiger partial charge is 0.306 e. The molecule has 6 rings (SSSR count). The van der Waals surface area contributed by atoms with Crippen LogP contribution in [0.15, 0.2) is 109 Å². The molecule has 0 unspecified atom stereocenters. The summed E-state index contributed by atoms with van der Waals surface area (Å²) in [5.74, 6) is -2.78. The molecule has 0 bridgehead atoms. The van der Waals surface area contributed by atoms with E-state index in [2.05, 4.69) is 0 Å². The molecule has 0 fully saturated rings. The Labute approximate surface area is 316 Å². The summed E-state index contributed by atoms with van der Waals surface area (Å²) >= 11 is 0. The molecule has 7 nitrogen and oxygen atoms in total. The number of unbranched alkanes of at least 4 members (excludes halogenated alkanes) is 2. The molecule has 0 aromatic heterocycles. The Morgan fingerprint density at radius 1 is 0.527 bits per heavy atom. The topological polar surface area (TPSA) is 102 Å². The molecule has 0 amide bonds. The molecule has 2 N–H and O–H groups in total. The molecular formula is C44H42F4O7. The minimum atomic E-state index is -1.63. The number of rotatable bonds is 16. The summed E-state index contributed by atoms with van der Waals surface area (Å²) < 4.78 is 71.5. The molecule has 11 heteroatoms. The van der Waals surface area contributed by atoms with Gasteiger partial charge in [0.05, 0.1) is 0 Å². The van der Waals surface area contributed by atoms with Gasteiger partial charge in [0.25, 0.3) is 0 Å². The second-order valence-electron chi connectivity index (χ2n) is 14.0. The third-order valence-electron chi connectivity index (χ3n) is 10.0. The number of aliphatic hydroxyl groups is 2. The Hall–Kier alpha value is -5.10. The van der Waals surface area contributed by atoms with Gasteiger partial charge in [-0.05, 0) is 120 Å². The Morgan fingerprint density at radius 2 is 0.855 bits per heavy atom. The molecule has 4 atom stereocenters. The largest absolute Gasteiger partial charge is 0.455 e. The summed E-state index contributed by atoms with van der Waals surface area (Å²) in [4.78, 5) is 25.7. The van der Waals surface area contributed by atoms with Gasteiger partial charge in [0.2, 0.25) is 0 Å². The molecule has 55 heavy (non-hydrogen) atoms. The van der Waals surface area contributed by atoms with E-state index in [0.717, 1.165) is 0 Å². The number of halogens is 4. The lowest BCUT2D eigenvalue weighted by atomic mass is 9.87. The molecule has 0 spiro atoms. The molecule has 0 saturated heterocycles. The summed E-state index contributed by atoms with van der Waals surface area (Å²) in [5.41, 5.74) is 0.200. The van der Waals surface area contributed by atoms with Crippen LogP contribution in [0.3, 0.4) is 0 Å². The van der Waals surface area contributed by atoms with Gasteiger partial charge in [-0.25, -0.2) is 17.6 Å². The lowest BCUT2D eigenvalue weighted by Gasteiger charge is -2.30. The van der Waals surface area contributed by atoms with Crippen LogP contribution in [0.2, 0.25) is 0 Å². The van der Waals surface area contributed by atoms with Crippen molar-refractivity contribution < 1.29 is 51.6 Å². The molecule has 0 heterocycles. The van der Waals surface area contributed by atoms with Crippen LogP contribution in [0, 0.1) is 23.3 Å². The van der Waals surface area contributed by atoms with Crippen molar-refractivity contribution in [3.63, 3.8) is 0 Å². The van der Waals surface area contributed by atoms with Crippen molar-refractivity contribution in [3.8, 4) is 0 Å². The van der Waals surface area contributed by atoms with E-state index in [-0.39, 0.29) is 25.7 Å². The Bertz CT molecular complexity index is 1850. The normalized spacial score (nSPS) is 21.9. The number of carbonyl (C=O) groups excluding carboxylic acids is 2. The second-order valence-corrected chi connectivity index (χ2v) is 14.0. The summed E-state index contributed by atoms with van der Waals surface area (Å²) in [6.07, 6.45) is 3.61. The fraction of sp³-hybridized carbons (Fsp3) is 0.318. The van der Waals surface area contributed by atoms with Gasteiger partial charge in [-0.1, -0.05) is 48.5 Å². The van der Waals surface area contributed by atoms with E-state index in [1.165, 1.54) is 72.8 Å². The van der Waals surface area contributed by atoms with Crippen LogP contribution in [-0.4, -0.2) is 47.6 Å². The number of benzene rings is 4. The first-order valence-electron chi connectivity index (χ1n) is 18.3. The number of esters is 2. The van der Waals surface area contributed by atoms with Crippen LogP contribution in [0.1, 0.15) is 73.6 Å². The molecule has 4 aromatic carbocycles. The third kappa shape index (κ3) is 9.77. The SMILES string of the molecule is O=C(CCCCOCCCCC(=O)O[C@H]1C=C(c2ccc(F)cc2)C[C@]1(O)c1ccc(F)cc1)O[C@H]1C=C(c2ccc(F)cc2)C[C@]1(O)c1ccc(F)cc1. The fourth-order valence-corrected chi connectivity index (χ4v) is 6.99. The summed E-state index contributed by atoms with van der Waals surface area (Å²) in [6, 6.07) is 22.3. The Kier molecular flexibility index (Phi) is 12.7. The minimum Gasteiger partial charge on any atom is -0.455 e. The van der Waals surface area contributed by atoms with E-state index >= 15 is 0 Å². The molecule has 0 saturated carbocycles. The first-order chi connectivity index (χ1) is 26.4. The highest BCUT2D eigenvalue weighted by Gasteiger charge is 2.47.